The van der Waals surface area contributed by atoms with Gasteiger partial charge in [-0.3, -0.25) is 9.69 Å². The number of nitrogens with one attached hydrogen (secondary N) is 2. The lowest BCUT2D eigenvalue weighted by Gasteiger charge is -2.29. The van der Waals surface area contributed by atoms with E-state index in [0.29, 0.717) is 18.6 Å². The van der Waals surface area contributed by atoms with Crippen LogP contribution in [0.2, 0.25) is 0 Å². The summed E-state index contributed by atoms with van der Waals surface area (Å²) in [7, 11) is 0. The van der Waals surface area contributed by atoms with E-state index in [0.717, 1.165) is 32.4 Å². The summed E-state index contributed by atoms with van der Waals surface area (Å²) in [4.78, 5) is 16.6. The number of hydrogen-bond donors (Lipinski definition) is 2. The van der Waals surface area contributed by atoms with E-state index >= 15 is 0 Å². The van der Waals surface area contributed by atoms with Crippen molar-refractivity contribution in [2.45, 2.75) is 57.8 Å². The molecule has 1 saturated heterocycles. The summed E-state index contributed by atoms with van der Waals surface area (Å²) in [5.74, 6) is 0.185. The van der Waals surface area contributed by atoms with Crippen LogP contribution >= 0.6 is 11.3 Å². The number of likely N-dealkylation sites (tertiary alicyclic amines) is 1. The third-order valence-electron chi connectivity index (χ3n) is 6.01. The molecule has 2 N–H and O–H groups in total. The molecule has 2 atom stereocenters. The highest BCUT2D eigenvalue weighted by atomic mass is 32.1. The Labute approximate surface area is 166 Å². The fraction of sp³-hybridized carbons (Fsp3) is 0.500. The van der Waals surface area contributed by atoms with Gasteiger partial charge in [-0.15, -0.1) is 11.3 Å². The number of nitrogens with zero attached hydrogens (tertiary/aromatic N) is 1. The van der Waals surface area contributed by atoms with Gasteiger partial charge in [0.05, 0.1) is 6.04 Å². The van der Waals surface area contributed by atoms with E-state index in [-0.39, 0.29) is 11.9 Å². The topological polar surface area (TPSA) is 44.4 Å². The fourth-order valence-electron chi connectivity index (χ4n) is 4.55. The molecule has 0 unspecified atom stereocenters. The van der Waals surface area contributed by atoms with Gasteiger partial charge in [-0.1, -0.05) is 24.3 Å². The second kappa shape index (κ2) is 8.13. The lowest BCUT2D eigenvalue weighted by Crippen LogP contribution is -2.48. The third-order valence-corrected chi connectivity index (χ3v) is 7.03. The lowest BCUT2D eigenvalue weighted by atomic mass is 10.1. The van der Waals surface area contributed by atoms with Crippen LogP contribution in [0.15, 0.2) is 35.7 Å². The molecule has 5 heteroatoms. The molecule has 2 heterocycles. The minimum absolute atomic E-state index is 0.0220. The molecule has 1 aromatic heterocycles. The first kappa shape index (κ1) is 18.7. The Morgan fingerprint density at radius 3 is 2.59 bits per heavy atom. The van der Waals surface area contributed by atoms with Crippen LogP contribution in [0.3, 0.4) is 0 Å². The minimum Gasteiger partial charge on any atom is -0.355 e. The molecule has 0 bridgehead atoms. The number of thiophene rings is 1. The van der Waals surface area contributed by atoms with Crippen LogP contribution in [0, 0.1) is 6.92 Å². The van der Waals surface area contributed by atoms with Crippen molar-refractivity contribution in [3.05, 3.63) is 57.3 Å². The molecule has 4 rings (SSSR count). The van der Waals surface area contributed by atoms with Crippen LogP contribution in [0.1, 0.15) is 34.9 Å². The van der Waals surface area contributed by atoms with Crippen LogP contribution in [0.25, 0.3) is 0 Å². The predicted molar refractivity (Wildman–Crippen MR) is 111 cm³/mol. The average molecular weight is 384 g/mol. The number of aryl methyl sites for hydroxylation is 1. The van der Waals surface area contributed by atoms with E-state index < -0.39 is 0 Å². The molecule has 144 valence electrons. The highest BCUT2D eigenvalue weighted by Gasteiger charge is 2.41. The first-order chi connectivity index (χ1) is 13.2. The highest BCUT2D eigenvalue weighted by molar-refractivity contribution is 7.10. The number of carbonyl (C=O) groups excluding carboxylic acids is 1. The maximum atomic E-state index is 12.7. The molecule has 4 nitrogen and oxygen atoms in total. The average Bonchev–Trinajstić information content (AvgIpc) is 3.37. The number of likely N-dealkylation sites (N-methyl/N-ethyl adjacent to an activating group) is 1. The van der Waals surface area contributed by atoms with E-state index in [4.69, 9.17) is 0 Å². The van der Waals surface area contributed by atoms with Gasteiger partial charge in [-0.05, 0) is 61.2 Å². The largest absolute Gasteiger partial charge is 0.355 e. The van der Waals surface area contributed by atoms with Crippen molar-refractivity contribution in [1.82, 2.24) is 15.5 Å². The maximum Gasteiger partial charge on any atom is 0.237 e. The second-order valence-corrected chi connectivity index (χ2v) is 8.78. The van der Waals surface area contributed by atoms with Gasteiger partial charge in [0.2, 0.25) is 5.91 Å². The molecule has 0 spiro atoms. The van der Waals surface area contributed by atoms with Crippen molar-refractivity contribution in [2.24, 2.45) is 0 Å². The molecule has 1 amide bonds. The first-order valence-corrected chi connectivity index (χ1v) is 10.9. The van der Waals surface area contributed by atoms with Gasteiger partial charge in [-0.2, -0.15) is 0 Å². The Morgan fingerprint density at radius 2 is 1.96 bits per heavy atom. The van der Waals surface area contributed by atoms with Crippen LogP contribution < -0.4 is 10.6 Å². The van der Waals surface area contributed by atoms with E-state index in [1.807, 2.05) is 18.3 Å². The molecule has 1 aliphatic heterocycles. The molecule has 1 aromatic carbocycles. The second-order valence-electron chi connectivity index (χ2n) is 7.78. The standard InChI is InChI=1S/C22H29N3OS/c1-3-23-22(26)20-12-18(24-13-21-15(2)8-9-27-21)14-25(20)19-10-16-6-4-5-7-17(16)11-19/h4-9,18-20,24H,3,10-14H2,1-2H3,(H,23,26)/t18-,20+/m1/s1. The van der Waals surface area contributed by atoms with Gasteiger partial charge in [0, 0.05) is 36.6 Å². The monoisotopic (exact) mass is 383 g/mol. The molecule has 27 heavy (non-hydrogen) atoms. The normalized spacial score (nSPS) is 22.9. The molecule has 1 fully saturated rings. The van der Waals surface area contributed by atoms with Crippen molar-refractivity contribution in [3.63, 3.8) is 0 Å². The Balaban J connectivity index is 1.45. The van der Waals surface area contributed by atoms with Crippen molar-refractivity contribution in [3.8, 4) is 0 Å². The summed E-state index contributed by atoms with van der Waals surface area (Å²) in [6, 6.07) is 11.7. The van der Waals surface area contributed by atoms with Gasteiger partial charge in [0.15, 0.2) is 0 Å². The summed E-state index contributed by atoms with van der Waals surface area (Å²) in [5, 5.41) is 8.92. The minimum atomic E-state index is -0.0220. The molecule has 0 radical (unpaired) electrons. The molecular weight excluding hydrogens is 354 g/mol. The maximum absolute atomic E-state index is 12.7. The SMILES string of the molecule is CCNC(=O)[C@@H]1C[C@@H](NCc2sccc2C)CN1C1Cc2ccccc2C1. The van der Waals surface area contributed by atoms with Gasteiger partial charge < -0.3 is 10.6 Å². The quantitative estimate of drug-likeness (QED) is 0.806. The predicted octanol–water partition coefficient (Wildman–Crippen LogP) is 2.89. The summed E-state index contributed by atoms with van der Waals surface area (Å²) in [6.07, 6.45) is 3.01. The first-order valence-electron chi connectivity index (χ1n) is 10.0. The number of hydrogen-bond acceptors (Lipinski definition) is 4. The highest BCUT2D eigenvalue weighted by Crippen LogP contribution is 2.31. The summed E-state index contributed by atoms with van der Waals surface area (Å²) in [6.45, 7) is 6.71. The Hall–Kier alpha value is -1.69. The molecule has 2 aromatic rings. The Bertz CT molecular complexity index is 777. The molecule has 1 aliphatic carbocycles. The molecule has 0 saturated carbocycles. The number of carbonyl (C=O) groups is 1. The van der Waals surface area contributed by atoms with Crippen LogP contribution in [-0.2, 0) is 24.2 Å². The van der Waals surface area contributed by atoms with Crippen molar-refractivity contribution in [1.29, 1.82) is 0 Å². The van der Waals surface area contributed by atoms with E-state index in [9.17, 15) is 4.79 Å². The zero-order chi connectivity index (χ0) is 18.8. The van der Waals surface area contributed by atoms with Gasteiger partial charge >= 0.3 is 0 Å². The zero-order valence-corrected chi connectivity index (χ0v) is 17.0. The fourth-order valence-corrected chi connectivity index (χ4v) is 5.41. The van der Waals surface area contributed by atoms with Crippen LogP contribution in [0.4, 0.5) is 0 Å². The number of fused-ring (bicyclic) bond motifs is 1. The summed E-state index contributed by atoms with van der Waals surface area (Å²) >= 11 is 1.81. The van der Waals surface area contributed by atoms with E-state index in [1.165, 1.54) is 21.6 Å². The third kappa shape index (κ3) is 3.96. The number of amides is 1. The van der Waals surface area contributed by atoms with Crippen molar-refractivity contribution >= 4 is 17.2 Å². The number of benzene rings is 1. The van der Waals surface area contributed by atoms with E-state index in [1.54, 1.807) is 0 Å². The van der Waals surface area contributed by atoms with Gasteiger partial charge in [-0.25, -0.2) is 0 Å². The summed E-state index contributed by atoms with van der Waals surface area (Å²) < 4.78 is 0. The number of rotatable bonds is 6. The molecule has 2 aliphatic rings. The van der Waals surface area contributed by atoms with Gasteiger partial charge in [0.25, 0.3) is 0 Å². The smallest absolute Gasteiger partial charge is 0.237 e. The summed E-state index contributed by atoms with van der Waals surface area (Å²) in [5.41, 5.74) is 4.25. The van der Waals surface area contributed by atoms with Gasteiger partial charge in [0.1, 0.15) is 0 Å². The van der Waals surface area contributed by atoms with E-state index in [2.05, 4.69) is 58.2 Å². The van der Waals surface area contributed by atoms with Crippen LogP contribution in [-0.4, -0.2) is 42.0 Å². The van der Waals surface area contributed by atoms with Crippen molar-refractivity contribution < 1.29 is 4.79 Å². The van der Waals surface area contributed by atoms with Crippen LogP contribution in [0.5, 0.6) is 0 Å². The zero-order valence-electron chi connectivity index (χ0n) is 16.2. The Kier molecular flexibility index (Phi) is 5.62. The molecular formula is C22H29N3OS. The van der Waals surface area contributed by atoms with Crippen molar-refractivity contribution in [2.75, 3.05) is 13.1 Å². The lowest BCUT2D eigenvalue weighted by molar-refractivity contribution is -0.126. The Morgan fingerprint density at radius 1 is 1.22 bits per heavy atom.